The number of aliphatic hydroxyl groups is 3. The van der Waals surface area contributed by atoms with Gasteiger partial charge in [0.25, 0.3) is 5.56 Å². The van der Waals surface area contributed by atoms with E-state index in [1.807, 2.05) is 4.98 Å². The summed E-state index contributed by atoms with van der Waals surface area (Å²) in [4.78, 5) is 50.6. The number of rotatable bonds is 4. The largest absolute Gasteiger partial charge is 0.471 e. The minimum absolute atomic E-state index is 0.611. The molecule has 0 bridgehead atoms. The number of carbonyl (C=O) groups is 1. The van der Waals surface area contributed by atoms with Crippen molar-refractivity contribution >= 4 is 14.4 Å². The van der Waals surface area contributed by atoms with Crippen molar-refractivity contribution < 1.29 is 47.8 Å². The number of alkyl halides is 3. The number of H-pyrrole nitrogens is 1. The van der Waals surface area contributed by atoms with Gasteiger partial charge in [0.1, 0.15) is 12.2 Å². The highest BCUT2D eigenvalue weighted by molar-refractivity contribution is 7.42. The van der Waals surface area contributed by atoms with Crippen LogP contribution in [0.2, 0.25) is 0 Å². The second kappa shape index (κ2) is 9.73. The van der Waals surface area contributed by atoms with Crippen LogP contribution in [0.1, 0.15) is 6.23 Å². The summed E-state index contributed by atoms with van der Waals surface area (Å²) in [7, 11) is -2.12. The second-order valence-corrected chi connectivity index (χ2v) is 6.30. The van der Waals surface area contributed by atoms with Crippen molar-refractivity contribution in [2.45, 2.75) is 30.2 Å². The first-order valence-corrected chi connectivity index (χ1v) is 8.81. The van der Waals surface area contributed by atoms with Crippen LogP contribution in [0.4, 0.5) is 13.2 Å². The van der Waals surface area contributed by atoms with Crippen LogP contribution in [0.5, 0.6) is 0 Å². The van der Waals surface area contributed by atoms with Gasteiger partial charge in [-0.1, -0.05) is 0 Å². The van der Waals surface area contributed by atoms with Gasteiger partial charge in [-0.2, -0.15) is 13.2 Å². The lowest BCUT2D eigenvalue weighted by atomic mass is 9.93. The van der Waals surface area contributed by atoms with E-state index in [1.54, 1.807) is 0 Å². The predicted octanol–water partition coefficient (Wildman–Crippen LogP) is -3.65. The minimum Gasteiger partial charge on any atom is -0.394 e. The Hall–Kier alpha value is -1.91. The lowest BCUT2D eigenvalue weighted by Gasteiger charge is -2.31. The molecule has 1 fully saturated rings. The number of aromatic nitrogens is 2. The van der Waals surface area contributed by atoms with Crippen molar-refractivity contribution in [3.8, 4) is 0 Å². The molecule has 0 saturated carbocycles. The Balaban J connectivity index is 0.000000960. The molecule has 1 saturated heterocycles. The van der Waals surface area contributed by atoms with Crippen LogP contribution in [0.3, 0.4) is 0 Å². The monoisotopic (exact) mass is 450 g/mol. The number of aliphatic hydroxyl groups excluding tert-OH is 2. The molecule has 0 aliphatic carbocycles. The molecule has 2 rings (SSSR count). The van der Waals surface area contributed by atoms with Gasteiger partial charge in [0, 0.05) is 12.3 Å². The topological polar surface area (TPSA) is 220 Å². The molecule has 1 aromatic rings. The van der Waals surface area contributed by atoms with Gasteiger partial charge in [-0.25, -0.2) is 4.79 Å². The van der Waals surface area contributed by atoms with E-state index in [0.29, 0.717) is 4.57 Å². The molecule has 0 unspecified atom stereocenters. The van der Waals surface area contributed by atoms with Gasteiger partial charge in [0.05, 0.1) is 13.2 Å². The van der Waals surface area contributed by atoms with E-state index in [2.05, 4.69) is 5.50 Å². The highest BCUT2D eigenvalue weighted by atomic mass is 31.2. The quantitative estimate of drug-likeness (QED) is 0.210. The Bertz CT molecular complexity index is 814. The highest BCUT2D eigenvalue weighted by Gasteiger charge is 2.57. The van der Waals surface area contributed by atoms with Crippen molar-refractivity contribution in [2.75, 3.05) is 13.2 Å². The van der Waals surface area contributed by atoms with Crippen LogP contribution in [0, 0.1) is 0 Å². The number of amides is 1. The molecule has 166 valence electrons. The molecule has 17 heteroatoms. The number of aromatic amines is 1. The molecule has 1 aliphatic heterocycles. The number of nitrogens with two attached hydrogens (primary N) is 1. The number of halogens is 3. The third-order valence-electron chi connectivity index (χ3n) is 3.67. The van der Waals surface area contributed by atoms with Crippen LogP contribution in [-0.4, -0.2) is 77.7 Å². The van der Waals surface area contributed by atoms with Crippen molar-refractivity contribution in [1.82, 2.24) is 14.9 Å². The van der Waals surface area contributed by atoms with Crippen molar-refractivity contribution in [2.24, 2.45) is 5.50 Å². The molecule has 9 N–H and O–H groups in total. The number of ether oxygens (including phenoxy) is 1. The molecule has 13 nitrogen and oxygen atoms in total. The predicted molar refractivity (Wildman–Crippen MR) is 87.9 cm³/mol. The lowest BCUT2D eigenvalue weighted by molar-refractivity contribution is -0.176. The van der Waals surface area contributed by atoms with Gasteiger partial charge in [-0.05, 0) is 0 Å². The van der Waals surface area contributed by atoms with Crippen LogP contribution in [0.25, 0.3) is 0 Å². The van der Waals surface area contributed by atoms with Gasteiger partial charge in [0.2, 0.25) is 8.53 Å². The Morgan fingerprint density at radius 2 is 1.97 bits per heavy atom. The summed E-state index contributed by atoms with van der Waals surface area (Å²) in [5.74, 6) is -2.38. The summed E-state index contributed by atoms with van der Waals surface area (Å²) in [6.07, 6.45) is -9.51. The third kappa shape index (κ3) is 6.28. The first kappa shape index (κ1) is 25.1. The molecular weight excluding hydrogens is 432 g/mol. The maximum atomic E-state index is 12.3. The number of nitrogens with one attached hydrogen (secondary N) is 2. The molecule has 0 aromatic carbocycles. The summed E-state index contributed by atoms with van der Waals surface area (Å²) in [6, 6.07) is 0.873. The molecule has 1 aromatic heterocycles. The fourth-order valence-corrected chi connectivity index (χ4v) is 2.40. The highest BCUT2D eigenvalue weighted by Crippen LogP contribution is 2.37. The molecule has 29 heavy (non-hydrogen) atoms. The van der Waals surface area contributed by atoms with Crippen LogP contribution >= 0.6 is 8.53 Å². The zero-order chi connectivity index (χ0) is 22.6. The molecule has 2 heterocycles. The summed E-state index contributed by atoms with van der Waals surface area (Å²) in [5.41, 5.74) is -0.164. The first-order chi connectivity index (χ1) is 13.2. The van der Waals surface area contributed by atoms with E-state index in [4.69, 9.17) is 19.6 Å². The van der Waals surface area contributed by atoms with Crippen molar-refractivity contribution in [3.05, 3.63) is 33.1 Å². The van der Waals surface area contributed by atoms with Crippen molar-refractivity contribution in [3.63, 3.8) is 0 Å². The summed E-state index contributed by atoms with van der Waals surface area (Å²) < 4.78 is 42.6. The third-order valence-corrected chi connectivity index (χ3v) is 3.67. The SMILES string of the molecule is NP(O)O.O=C(NC[C@@]1(O)[C@H](O)[C@@H](CO)O[C@H]1n1ccc(=O)[nH]c1=O)C(F)(F)F. The van der Waals surface area contributed by atoms with Gasteiger partial charge in [0.15, 0.2) is 11.8 Å². The maximum absolute atomic E-state index is 12.3. The second-order valence-electron chi connectivity index (χ2n) is 5.66. The van der Waals surface area contributed by atoms with Gasteiger partial charge < -0.3 is 35.2 Å². The van der Waals surface area contributed by atoms with Crippen LogP contribution < -0.4 is 22.1 Å². The summed E-state index contributed by atoms with van der Waals surface area (Å²) in [5, 5.41) is 31.1. The van der Waals surface area contributed by atoms with Gasteiger partial charge >= 0.3 is 17.8 Å². The Morgan fingerprint density at radius 1 is 1.41 bits per heavy atom. The zero-order valence-electron chi connectivity index (χ0n) is 14.3. The minimum atomic E-state index is -5.23. The lowest BCUT2D eigenvalue weighted by Crippen LogP contribution is -2.57. The van der Waals surface area contributed by atoms with E-state index in [0.717, 1.165) is 12.3 Å². The molecule has 1 aliphatic rings. The fraction of sp³-hybridized carbons (Fsp3) is 0.583. The molecule has 1 amide bonds. The van der Waals surface area contributed by atoms with E-state index < -0.39 is 69.0 Å². The Morgan fingerprint density at radius 3 is 2.41 bits per heavy atom. The van der Waals surface area contributed by atoms with Gasteiger partial charge in [-0.15, -0.1) is 0 Å². The zero-order valence-corrected chi connectivity index (χ0v) is 15.2. The van der Waals surface area contributed by atoms with Crippen molar-refractivity contribution in [1.29, 1.82) is 0 Å². The Kier molecular flexibility index (Phi) is 8.43. The summed E-state index contributed by atoms with van der Waals surface area (Å²) in [6.45, 7) is -1.97. The van der Waals surface area contributed by atoms with Crippen LogP contribution in [0.15, 0.2) is 21.9 Å². The van der Waals surface area contributed by atoms with Gasteiger partial charge in [-0.3, -0.25) is 24.6 Å². The van der Waals surface area contributed by atoms with E-state index >= 15 is 0 Å². The standard InChI is InChI=1S/C12H14F3N3O7.H4NO2P/c13-12(14,15)8(22)16-4-11(24)7(21)5(3-19)25-9(11)18-2-1-6(20)17-10(18)23;1-4(2)3/h1-2,5,7,9,19,21,24H,3-4H2,(H,16,22)(H,17,20,23);2-3H,1H2/t5-,7-,9-,11-;/m1./s1. The van der Waals surface area contributed by atoms with E-state index in [-0.39, 0.29) is 0 Å². The molecule has 4 atom stereocenters. The number of carbonyl (C=O) groups excluding carboxylic acids is 1. The first-order valence-electron chi connectivity index (χ1n) is 7.50. The average molecular weight is 450 g/mol. The number of hydrogen-bond acceptors (Lipinski definition) is 10. The average Bonchev–Trinajstić information content (AvgIpc) is 2.83. The van der Waals surface area contributed by atoms with E-state index in [9.17, 15) is 37.8 Å². The fourth-order valence-electron chi connectivity index (χ4n) is 2.40. The summed E-state index contributed by atoms with van der Waals surface area (Å²) >= 11 is 0. The Labute approximate surface area is 160 Å². The normalized spacial score (nSPS) is 26.8. The van der Waals surface area contributed by atoms with Crippen LogP contribution in [-0.2, 0) is 9.53 Å². The smallest absolute Gasteiger partial charge is 0.394 e. The molecule has 0 radical (unpaired) electrons. The number of hydrogen-bond donors (Lipinski definition) is 8. The van der Waals surface area contributed by atoms with E-state index in [1.165, 1.54) is 5.32 Å². The molecular formula is C12H18F3N4O9P. The molecule has 0 spiro atoms. The maximum Gasteiger partial charge on any atom is 0.471 e. The number of nitrogens with zero attached hydrogens (tertiary/aromatic N) is 1.